The van der Waals surface area contributed by atoms with Gasteiger partial charge in [-0.2, -0.15) is 9.81 Å². The van der Waals surface area contributed by atoms with Crippen molar-refractivity contribution < 1.29 is 29.0 Å². The number of nitrogens with zero attached hydrogens (tertiary/aromatic N) is 2. The quantitative estimate of drug-likeness (QED) is 0.252. The Morgan fingerprint density at radius 2 is 1.09 bits per heavy atom. The van der Waals surface area contributed by atoms with Gasteiger partial charge in [0.25, 0.3) is 0 Å². The molecule has 1 aliphatic carbocycles. The van der Waals surface area contributed by atoms with E-state index >= 15 is 0 Å². The first-order valence-electron chi connectivity index (χ1n) is 10.7. The molecule has 1 saturated carbocycles. The number of methoxy groups -OCH3 is 2. The molecule has 2 atom stereocenters. The summed E-state index contributed by atoms with van der Waals surface area (Å²) in [6.45, 7) is 0. The van der Waals surface area contributed by atoms with E-state index in [1.807, 2.05) is 73.1 Å². The van der Waals surface area contributed by atoms with Crippen molar-refractivity contribution in [3.63, 3.8) is 0 Å². The van der Waals surface area contributed by atoms with Crippen molar-refractivity contribution in [3.8, 4) is 11.5 Å². The van der Waals surface area contributed by atoms with Crippen LogP contribution in [0.4, 0.5) is 0 Å². The van der Waals surface area contributed by atoms with Crippen LogP contribution in [-0.4, -0.2) is 38.7 Å². The number of benzene rings is 2. The molecule has 0 aromatic heterocycles. The molecular formula is C26H28N2O2S2Zn. The second-order valence-electron chi connectivity index (χ2n) is 7.53. The zero-order valence-corrected chi connectivity index (χ0v) is 23.7. The summed E-state index contributed by atoms with van der Waals surface area (Å²) in [7, 11) is 3.30. The molecular weight excluding hydrogens is 502 g/mol. The summed E-state index contributed by atoms with van der Waals surface area (Å²) in [4.78, 5) is 11.1. The summed E-state index contributed by atoms with van der Waals surface area (Å²) < 4.78 is 10.4. The van der Waals surface area contributed by atoms with Crippen molar-refractivity contribution in [2.45, 2.75) is 37.8 Å². The molecule has 0 unspecified atom stereocenters. The van der Waals surface area contributed by atoms with Crippen LogP contribution in [0.1, 0.15) is 36.8 Å². The summed E-state index contributed by atoms with van der Waals surface area (Å²) in [6, 6.07) is 15.8. The molecule has 168 valence electrons. The van der Waals surface area contributed by atoms with Crippen LogP contribution in [0.3, 0.4) is 0 Å². The first-order chi connectivity index (χ1) is 15.6. The predicted octanol–water partition coefficient (Wildman–Crippen LogP) is 5.63. The number of hydrogen-bond acceptors (Lipinski definition) is 6. The zero-order valence-electron chi connectivity index (χ0n) is 19.1. The van der Waals surface area contributed by atoms with E-state index in [2.05, 4.69) is 0 Å². The number of hydrogen-bond donors (Lipinski definition) is 0. The van der Waals surface area contributed by atoms with E-state index < -0.39 is 0 Å². The normalized spacial score (nSPS) is 19.5. The van der Waals surface area contributed by atoms with Crippen LogP contribution < -0.4 is 9.47 Å². The second kappa shape index (κ2) is 14.2. The van der Waals surface area contributed by atoms with Gasteiger partial charge < -0.3 is 34.7 Å². The topological polar surface area (TPSA) is 43.2 Å². The Kier molecular flexibility index (Phi) is 11.7. The van der Waals surface area contributed by atoms with Crippen molar-refractivity contribution in [2.75, 3.05) is 14.2 Å². The average Bonchev–Trinajstić information content (AvgIpc) is 2.85. The van der Waals surface area contributed by atoms with E-state index in [0.717, 1.165) is 45.3 Å². The van der Waals surface area contributed by atoms with Crippen LogP contribution in [0, 0.1) is 0 Å². The Bertz CT molecular complexity index is 905. The molecule has 2 aromatic rings. The van der Waals surface area contributed by atoms with Gasteiger partial charge in [-0.15, -0.1) is 0 Å². The second-order valence-corrected chi connectivity index (χ2v) is 8.41. The van der Waals surface area contributed by atoms with E-state index in [9.17, 15) is 0 Å². The van der Waals surface area contributed by atoms with Crippen molar-refractivity contribution in [1.29, 1.82) is 0 Å². The van der Waals surface area contributed by atoms with Gasteiger partial charge in [0.05, 0.1) is 26.3 Å². The number of allylic oxidation sites excluding steroid dienone is 2. The molecule has 7 heteroatoms. The van der Waals surface area contributed by atoms with Gasteiger partial charge in [-0.3, -0.25) is 9.98 Å². The average molecular weight is 530 g/mol. The van der Waals surface area contributed by atoms with E-state index in [4.69, 9.17) is 44.7 Å². The maximum atomic E-state index is 5.51. The van der Waals surface area contributed by atoms with Crippen LogP contribution >= 0.6 is 0 Å². The van der Waals surface area contributed by atoms with Crippen molar-refractivity contribution >= 4 is 47.5 Å². The van der Waals surface area contributed by atoms with Crippen molar-refractivity contribution in [2.24, 2.45) is 9.98 Å². The Balaban J connectivity index is 0.00000385. The van der Waals surface area contributed by atoms with Gasteiger partial charge in [0.1, 0.15) is 11.5 Å². The Labute approximate surface area is 220 Å². The van der Waals surface area contributed by atoms with Gasteiger partial charge in [0.15, 0.2) is 0 Å². The summed E-state index contributed by atoms with van der Waals surface area (Å²) >= 11 is 11.0. The largest absolute Gasteiger partial charge is 2.00 e. The molecule has 0 N–H and O–H groups in total. The molecule has 33 heavy (non-hydrogen) atoms. The smallest absolute Gasteiger partial charge is 0.779 e. The Hall–Kier alpha value is -2.08. The van der Waals surface area contributed by atoms with Gasteiger partial charge >= 0.3 is 19.5 Å². The molecule has 0 heterocycles. The minimum atomic E-state index is 0. The number of aliphatic imine (C=N–C) groups is 2. The van der Waals surface area contributed by atoms with Gasteiger partial charge in [0, 0.05) is 12.4 Å². The van der Waals surface area contributed by atoms with Gasteiger partial charge in [0.2, 0.25) is 0 Å². The molecule has 0 radical (unpaired) electrons. The molecule has 0 spiro atoms. The first kappa shape index (κ1) is 27.2. The van der Waals surface area contributed by atoms with E-state index in [1.54, 1.807) is 14.2 Å². The third-order valence-electron chi connectivity index (χ3n) is 5.45. The predicted molar refractivity (Wildman–Crippen MR) is 140 cm³/mol. The molecule has 0 amide bonds. The van der Waals surface area contributed by atoms with Crippen LogP contribution in [0.2, 0.25) is 0 Å². The Morgan fingerprint density at radius 3 is 1.42 bits per heavy atom. The minimum absolute atomic E-state index is 0. The minimum Gasteiger partial charge on any atom is -0.779 e. The molecule has 0 bridgehead atoms. The van der Waals surface area contributed by atoms with Crippen LogP contribution in [0.15, 0.2) is 70.7 Å². The fraction of sp³-hybridized carbons (Fsp3) is 0.308. The molecule has 3 rings (SSSR count). The van der Waals surface area contributed by atoms with E-state index in [-0.39, 0.29) is 31.6 Å². The van der Waals surface area contributed by atoms with Gasteiger partial charge in [-0.1, -0.05) is 49.3 Å². The standard InChI is InChI=1S/C26H30N2O2S2.Zn/c1-29-21-11-7-19(8-12-21)25(31)15-17-27-23-5-3-4-6-24(23)28-18-16-26(32)20-9-13-22(30-2)14-10-20;/h7-18,23-24,31-32H,3-6H2,1-2H3;/q;+2/p-2/b25-15-,26-16-,27-17?,28-18?;/t23-,24-;/m1./s1. The molecule has 1 aliphatic rings. The SMILES string of the molecule is COc1ccc(/C([S-])=C/C=N[C@@H]2CCCC[C@H]2N=C/C=C(\[S-])c2ccc(OC)cc2)cc1.[Zn+2]. The van der Waals surface area contributed by atoms with Crippen molar-refractivity contribution in [3.05, 3.63) is 71.8 Å². The number of rotatable bonds is 8. The van der Waals surface area contributed by atoms with Gasteiger partial charge in [-0.25, -0.2) is 0 Å². The first-order valence-corrected chi connectivity index (χ1v) is 11.5. The molecule has 1 fully saturated rings. The fourth-order valence-corrected chi connectivity index (χ4v) is 3.98. The summed E-state index contributed by atoms with van der Waals surface area (Å²) in [5, 5.41) is 0. The Morgan fingerprint density at radius 1 is 0.727 bits per heavy atom. The molecule has 0 aliphatic heterocycles. The fourth-order valence-electron chi connectivity index (χ4n) is 3.59. The van der Waals surface area contributed by atoms with Gasteiger partial charge in [-0.05, 0) is 48.2 Å². The third kappa shape index (κ3) is 8.33. The third-order valence-corrected chi connectivity index (χ3v) is 6.19. The molecule has 2 aromatic carbocycles. The van der Waals surface area contributed by atoms with Crippen LogP contribution in [0.5, 0.6) is 11.5 Å². The monoisotopic (exact) mass is 528 g/mol. The number of ether oxygens (including phenoxy) is 2. The van der Waals surface area contributed by atoms with Crippen molar-refractivity contribution in [1.82, 2.24) is 0 Å². The molecule has 0 saturated heterocycles. The summed E-state index contributed by atoms with van der Waals surface area (Å²) in [5.74, 6) is 1.63. The van der Waals surface area contributed by atoms with E-state index in [1.165, 1.54) is 12.8 Å². The maximum Gasteiger partial charge on any atom is 2.00 e. The zero-order chi connectivity index (χ0) is 22.8. The van der Waals surface area contributed by atoms with E-state index in [0.29, 0.717) is 0 Å². The summed E-state index contributed by atoms with van der Waals surface area (Å²) in [6.07, 6.45) is 11.8. The molecule has 4 nitrogen and oxygen atoms in total. The van der Waals surface area contributed by atoms with Crippen LogP contribution in [-0.2, 0) is 44.7 Å². The maximum absolute atomic E-state index is 5.51. The van der Waals surface area contributed by atoms with Crippen LogP contribution in [0.25, 0.3) is 9.81 Å². The summed E-state index contributed by atoms with van der Waals surface area (Å²) in [5.41, 5.74) is 1.96.